The van der Waals surface area contributed by atoms with Crippen molar-refractivity contribution < 1.29 is 14.7 Å². The molecule has 0 bridgehead atoms. The number of nitrogens with zero attached hydrogens (tertiary/aromatic N) is 1. The second-order valence-electron chi connectivity index (χ2n) is 6.42. The summed E-state index contributed by atoms with van der Waals surface area (Å²) in [5.41, 5.74) is 1.93. The van der Waals surface area contributed by atoms with Crippen LogP contribution in [0, 0.1) is 0 Å². The summed E-state index contributed by atoms with van der Waals surface area (Å²) in [5.74, 6) is -1.53. The van der Waals surface area contributed by atoms with Gasteiger partial charge in [0.25, 0.3) is 11.7 Å². The molecule has 0 unspecified atom stereocenters. The third kappa shape index (κ3) is 3.14. The van der Waals surface area contributed by atoms with Gasteiger partial charge in [-0.15, -0.1) is 0 Å². The Hall–Kier alpha value is -3.18. The van der Waals surface area contributed by atoms with Crippen LogP contribution < -0.4 is 4.90 Å². The van der Waals surface area contributed by atoms with Gasteiger partial charge in [-0.3, -0.25) is 14.5 Å². The molecule has 1 fully saturated rings. The first kappa shape index (κ1) is 18.2. The van der Waals surface area contributed by atoms with E-state index in [2.05, 4.69) is 15.9 Å². The van der Waals surface area contributed by atoms with Crippen LogP contribution in [0.15, 0.2) is 95.0 Å². The second-order valence-corrected chi connectivity index (χ2v) is 7.34. The zero-order chi connectivity index (χ0) is 19.7. The smallest absolute Gasteiger partial charge is 0.300 e. The molecule has 3 aromatic carbocycles. The first-order valence-electron chi connectivity index (χ1n) is 8.75. The highest BCUT2D eigenvalue weighted by atomic mass is 79.9. The third-order valence-electron chi connectivity index (χ3n) is 4.71. The van der Waals surface area contributed by atoms with Crippen LogP contribution in [0.4, 0.5) is 5.69 Å². The van der Waals surface area contributed by atoms with E-state index < -0.39 is 17.7 Å². The molecular formula is C23H16BrNO3. The second kappa shape index (κ2) is 7.44. The van der Waals surface area contributed by atoms with Gasteiger partial charge in [-0.05, 0) is 29.8 Å². The summed E-state index contributed by atoms with van der Waals surface area (Å²) in [6, 6.07) is 24.5. The van der Waals surface area contributed by atoms with Gasteiger partial charge < -0.3 is 5.11 Å². The molecule has 0 spiro atoms. The van der Waals surface area contributed by atoms with Crippen molar-refractivity contribution in [2.45, 2.75) is 6.04 Å². The molecule has 4 nitrogen and oxygen atoms in total. The number of rotatable bonds is 3. The van der Waals surface area contributed by atoms with Crippen LogP contribution >= 0.6 is 15.9 Å². The van der Waals surface area contributed by atoms with E-state index in [0.29, 0.717) is 11.3 Å². The minimum absolute atomic E-state index is 0.0883. The van der Waals surface area contributed by atoms with Gasteiger partial charge in [-0.25, -0.2) is 0 Å². The number of aliphatic hydroxyl groups is 1. The summed E-state index contributed by atoms with van der Waals surface area (Å²) < 4.78 is 0.869. The Morgan fingerprint density at radius 1 is 0.821 bits per heavy atom. The van der Waals surface area contributed by atoms with Crippen LogP contribution in [-0.2, 0) is 9.59 Å². The molecule has 0 radical (unpaired) electrons. The van der Waals surface area contributed by atoms with Gasteiger partial charge in [0, 0.05) is 15.7 Å². The molecule has 3 aromatic rings. The van der Waals surface area contributed by atoms with Crippen molar-refractivity contribution >= 4 is 39.1 Å². The fourth-order valence-corrected chi connectivity index (χ4v) is 3.67. The maximum Gasteiger partial charge on any atom is 0.300 e. The van der Waals surface area contributed by atoms with Gasteiger partial charge in [0.05, 0.1) is 11.6 Å². The third-order valence-corrected chi connectivity index (χ3v) is 5.24. The molecule has 28 heavy (non-hydrogen) atoms. The Labute approximate surface area is 170 Å². The number of amides is 1. The molecule has 1 aliphatic heterocycles. The van der Waals surface area contributed by atoms with Crippen LogP contribution in [0.25, 0.3) is 5.76 Å². The minimum atomic E-state index is -0.706. The molecule has 4 rings (SSSR count). The standard InChI is InChI=1S/C23H16BrNO3/c24-17-11-13-18(14-12-17)25-20(15-7-3-1-4-8-15)19(22(27)23(25)28)21(26)16-9-5-2-6-10-16/h1-14,20,26H/b21-19+/t20-/m0/s1. The van der Waals surface area contributed by atoms with Crippen molar-refractivity contribution in [3.8, 4) is 0 Å². The molecule has 1 N–H and O–H groups in total. The Balaban J connectivity index is 1.94. The highest BCUT2D eigenvalue weighted by Gasteiger charge is 2.46. The normalized spacial score (nSPS) is 18.5. The molecule has 138 valence electrons. The van der Waals surface area contributed by atoms with Gasteiger partial charge >= 0.3 is 0 Å². The van der Waals surface area contributed by atoms with E-state index >= 15 is 0 Å². The van der Waals surface area contributed by atoms with Crippen LogP contribution in [-0.4, -0.2) is 16.8 Å². The van der Waals surface area contributed by atoms with E-state index in [1.54, 1.807) is 36.4 Å². The summed E-state index contributed by atoms with van der Waals surface area (Å²) >= 11 is 3.39. The average molecular weight is 434 g/mol. The fraction of sp³-hybridized carbons (Fsp3) is 0.0435. The molecule has 1 atom stereocenters. The van der Waals surface area contributed by atoms with Gasteiger partial charge in [0.2, 0.25) is 0 Å². The molecule has 0 aliphatic carbocycles. The Morgan fingerprint density at radius 2 is 1.39 bits per heavy atom. The largest absolute Gasteiger partial charge is 0.507 e. The number of benzene rings is 3. The SMILES string of the molecule is O=C1C(=O)N(c2ccc(Br)cc2)[C@@H](c2ccccc2)/C1=C(\O)c1ccccc1. The summed E-state index contributed by atoms with van der Waals surface area (Å²) in [6.45, 7) is 0. The lowest BCUT2D eigenvalue weighted by atomic mass is 9.95. The monoisotopic (exact) mass is 433 g/mol. The molecule has 1 heterocycles. The summed E-state index contributed by atoms with van der Waals surface area (Å²) in [6.07, 6.45) is 0. The number of carbonyl (C=O) groups is 2. The van der Waals surface area contributed by atoms with Crippen LogP contribution in [0.3, 0.4) is 0 Å². The number of Topliss-reactive ketones (excluding diaryl/α,β-unsaturated/α-hetero) is 1. The lowest BCUT2D eigenvalue weighted by Crippen LogP contribution is -2.29. The van der Waals surface area contributed by atoms with Gasteiger partial charge in [-0.1, -0.05) is 76.6 Å². The topological polar surface area (TPSA) is 57.6 Å². The number of ketones is 1. The van der Waals surface area contributed by atoms with Crippen LogP contribution in [0.1, 0.15) is 17.2 Å². The molecule has 1 aliphatic rings. The average Bonchev–Trinajstić information content (AvgIpc) is 3.00. The molecular weight excluding hydrogens is 418 g/mol. The van der Waals surface area contributed by atoms with Gasteiger partial charge in [0.15, 0.2) is 0 Å². The molecule has 5 heteroatoms. The number of hydrogen-bond donors (Lipinski definition) is 1. The summed E-state index contributed by atoms with van der Waals surface area (Å²) in [7, 11) is 0. The van der Waals surface area contributed by atoms with E-state index in [-0.39, 0.29) is 11.3 Å². The van der Waals surface area contributed by atoms with Gasteiger partial charge in [0.1, 0.15) is 5.76 Å². The quantitative estimate of drug-likeness (QED) is 0.356. The first-order chi connectivity index (χ1) is 13.6. The van der Waals surface area contributed by atoms with E-state index in [4.69, 9.17) is 0 Å². The minimum Gasteiger partial charge on any atom is -0.507 e. The highest BCUT2D eigenvalue weighted by Crippen LogP contribution is 2.42. The van der Waals surface area contributed by atoms with Crippen molar-refractivity contribution in [3.05, 3.63) is 106 Å². The number of anilines is 1. The van der Waals surface area contributed by atoms with Crippen molar-refractivity contribution in [2.24, 2.45) is 0 Å². The lowest BCUT2D eigenvalue weighted by Gasteiger charge is -2.25. The van der Waals surface area contributed by atoms with Crippen LogP contribution in [0.2, 0.25) is 0 Å². The molecule has 1 amide bonds. The zero-order valence-corrected chi connectivity index (χ0v) is 16.3. The molecule has 0 saturated carbocycles. The maximum absolute atomic E-state index is 12.9. The van der Waals surface area contributed by atoms with Crippen molar-refractivity contribution in [2.75, 3.05) is 4.90 Å². The van der Waals surface area contributed by atoms with E-state index in [0.717, 1.165) is 10.0 Å². The molecule has 0 aromatic heterocycles. The van der Waals surface area contributed by atoms with E-state index in [9.17, 15) is 14.7 Å². The van der Waals surface area contributed by atoms with Crippen molar-refractivity contribution in [1.82, 2.24) is 0 Å². The zero-order valence-electron chi connectivity index (χ0n) is 14.7. The first-order valence-corrected chi connectivity index (χ1v) is 9.54. The predicted octanol–water partition coefficient (Wildman–Crippen LogP) is 5.08. The number of carbonyl (C=O) groups excluding carboxylic acids is 2. The lowest BCUT2D eigenvalue weighted by molar-refractivity contribution is -0.132. The number of aliphatic hydroxyl groups excluding tert-OH is 1. The number of halogens is 1. The van der Waals surface area contributed by atoms with Crippen molar-refractivity contribution in [1.29, 1.82) is 0 Å². The highest BCUT2D eigenvalue weighted by molar-refractivity contribution is 9.10. The Morgan fingerprint density at radius 3 is 2.00 bits per heavy atom. The Kier molecular flexibility index (Phi) is 4.84. The van der Waals surface area contributed by atoms with Crippen LogP contribution in [0.5, 0.6) is 0 Å². The predicted molar refractivity (Wildman–Crippen MR) is 112 cm³/mol. The number of hydrogen-bond acceptors (Lipinski definition) is 3. The van der Waals surface area contributed by atoms with E-state index in [1.807, 2.05) is 48.5 Å². The Bertz CT molecular complexity index is 1060. The maximum atomic E-state index is 12.9. The summed E-state index contributed by atoms with van der Waals surface area (Å²) in [4.78, 5) is 27.3. The fourth-order valence-electron chi connectivity index (χ4n) is 3.40. The van der Waals surface area contributed by atoms with Crippen molar-refractivity contribution in [3.63, 3.8) is 0 Å². The van der Waals surface area contributed by atoms with Gasteiger partial charge in [-0.2, -0.15) is 0 Å². The molecule has 1 saturated heterocycles. The summed E-state index contributed by atoms with van der Waals surface area (Å²) in [5, 5.41) is 10.9. The van der Waals surface area contributed by atoms with E-state index in [1.165, 1.54) is 4.90 Å².